The van der Waals surface area contributed by atoms with E-state index in [-0.39, 0.29) is 5.91 Å². The molecule has 2 N–H and O–H groups in total. The molecule has 2 heterocycles. The fourth-order valence-electron chi connectivity index (χ4n) is 2.65. The molecule has 2 saturated heterocycles. The van der Waals surface area contributed by atoms with Gasteiger partial charge in [-0.2, -0.15) is 11.8 Å². The molecule has 2 unspecified atom stereocenters. The van der Waals surface area contributed by atoms with Crippen molar-refractivity contribution in [3.05, 3.63) is 0 Å². The zero-order valence-electron chi connectivity index (χ0n) is 10.4. The molecule has 2 aliphatic rings. The van der Waals surface area contributed by atoms with Crippen LogP contribution in [0.4, 0.5) is 0 Å². The maximum Gasteiger partial charge on any atom is 0.252 e. The van der Waals surface area contributed by atoms with Gasteiger partial charge in [-0.3, -0.25) is 9.69 Å². The topological polar surface area (TPSA) is 52.6 Å². The molecule has 4 nitrogen and oxygen atoms in total. The van der Waals surface area contributed by atoms with Gasteiger partial charge in [0.2, 0.25) is 0 Å². The first-order chi connectivity index (χ1) is 8.15. The normalized spacial score (nSPS) is 34.1. The predicted molar refractivity (Wildman–Crippen MR) is 70.2 cm³/mol. The van der Waals surface area contributed by atoms with Gasteiger partial charge in [-0.25, -0.2) is 0 Å². The number of amides is 1. The van der Waals surface area contributed by atoms with Crippen molar-refractivity contribution in [2.45, 2.75) is 37.8 Å². The summed E-state index contributed by atoms with van der Waals surface area (Å²) in [6, 6.07) is 0.460. The molecule has 0 radical (unpaired) electrons. The van der Waals surface area contributed by atoms with Crippen LogP contribution in [0.1, 0.15) is 26.2 Å². The van der Waals surface area contributed by atoms with Crippen molar-refractivity contribution >= 4 is 17.7 Å². The third kappa shape index (κ3) is 2.95. The standard InChI is InChI=1S/C12H22N2O2S/c1-2-14-6-3-4-10(14)8-13-11(15)12(16)5-7-17-9-12/h10,16H,2-9H2,1H3,(H,13,15). The molecule has 0 bridgehead atoms. The van der Waals surface area contributed by atoms with E-state index in [0.717, 1.165) is 25.3 Å². The van der Waals surface area contributed by atoms with Crippen LogP contribution in [0.15, 0.2) is 0 Å². The number of aliphatic hydroxyl groups is 1. The lowest BCUT2D eigenvalue weighted by atomic mass is 10.0. The molecule has 0 aromatic carbocycles. The number of nitrogens with one attached hydrogen (secondary N) is 1. The quantitative estimate of drug-likeness (QED) is 0.769. The molecule has 0 aromatic rings. The lowest BCUT2D eigenvalue weighted by Gasteiger charge is -2.25. The summed E-state index contributed by atoms with van der Waals surface area (Å²) in [4.78, 5) is 14.3. The second-order valence-corrected chi connectivity index (χ2v) is 6.07. The van der Waals surface area contributed by atoms with Crippen LogP contribution in [0.5, 0.6) is 0 Å². The number of likely N-dealkylation sites (N-methyl/N-ethyl adjacent to an activating group) is 1. The van der Waals surface area contributed by atoms with Crippen molar-refractivity contribution in [3.8, 4) is 0 Å². The lowest BCUT2D eigenvalue weighted by molar-refractivity contribution is -0.137. The summed E-state index contributed by atoms with van der Waals surface area (Å²) in [6.07, 6.45) is 2.96. The van der Waals surface area contributed by atoms with Gasteiger partial charge in [0.15, 0.2) is 5.60 Å². The first kappa shape index (κ1) is 13.2. The molecule has 2 fully saturated rings. The van der Waals surface area contributed by atoms with Crippen LogP contribution in [0.2, 0.25) is 0 Å². The Balaban J connectivity index is 1.79. The molecule has 2 rings (SSSR count). The number of hydrogen-bond donors (Lipinski definition) is 2. The van der Waals surface area contributed by atoms with Gasteiger partial charge < -0.3 is 10.4 Å². The third-order valence-corrected chi connectivity index (χ3v) is 5.00. The van der Waals surface area contributed by atoms with Crippen molar-refractivity contribution in [1.29, 1.82) is 0 Å². The number of carbonyl (C=O) groups excluding carboxylic acids is 1. The van der Waals surface area contributed by atoms with Crippen LogP contribution in [0, 0.1) is 0 Å². The molecular weight excluding hydrogens is 236 g/mol. The highest BCUT2D eigenvalue weighted by atomic mass is 32.2. The first-order valence-electron chi connectivity index (χ1n) is 6.48. The van der Waals surface area contributed by atoms with Gasteiger partial charge in [0.05, 0.1) is 0 Å². The maximum absolute atomic E-state index is 11.9. The highest BCUT2D eigenvalue weighted by Crippen LogP contribution is 2.28. The highest BCUT2D eigenvalue weighted by Gasteiger charge is 2.39. The average molecular weight is 258 g/mol. The van der Waals surface area contributed by atoms with E-state index in [4.69, 9.17) is 0 Å². The Bertz CT molecular complexity index is 280. The van der Waals surface area contributed by atoms with E-state index in [9.17, 15) is 9.90 Å². The summed E-state index contributed by atoms with van der Waals surface area (Å²) in [5.74, 6) is 1.25. The summed E-state index contributed by atoms with van der Waals surface area (Å²) < 4.78 is 0. The Labute approximate surface area is 107 Å². The van der Waals surface area contributed by atoms with E-state index in [1.807, 2.05) is 0 Å². The lowest BCUT2D eigenvalue weighted by Crippen LogP contribution is -2.50. The number of carbonyl (C=O) groups is 1. The molecule has 2 aliphatic heterocycles. The van der Waals surface area contributed by atoms with Gasteiger partial charge in [0.25, 0.3) is 5.91 Å². The second-order valence-electron chi connectivity index (χ2n) is 4.97. The molecule has 5 heteroatoms. The number of thioether (sulfide) groups is 1. The fourth-order valence-corrected chi connectivity index (χ4v) is 3.89. The average Bonchev–Trinajstić information content (AvgIpc) is 2.95. The Morgan fingerprint density at radius 1 is 1.65 bits per heavy atom. The molecule has 17 heavy (non-hydrogen) atoms. The van der Waals surface area contributed by atoms with Gasteiger partial charge in [0.1, 0.15) is 0 Å². The number of likely N-dealkylation sites (tertiary alicyclic amines) is 1. The van der Waals surface area contributed by atoms with Gasteiger partial charge in [0, 0.05) is 18.3 Å². The molecule has 98 valence electrons. The largest absolute Gasteiger partial charge is 0.379 e. The molecule has 1 amide bonds. The number of hydrogen-bond acceptors (Lipinski definition) is 4. The van der Waals surface area contributed by atoms with Crippen LogP contribution in [0.3, 0.4) is 0 Å². The van der Waals surface area contributed by atoms with Crippen LogP contribution in [-0.2, 0) is 4.79 Å². The summed E-state index contributed by atoms with van der Waals surface area (Å²) in [7, 11) is 0. The molecule has 0 saturated carbocycles. The SMILES string of the molecule is CCN1CCCC1CNC(=O)C1(O)CCSC1. The first-order valence-corrected chi connectivity index (χ1v) is 7.63. The van der Waals surface area contributed by atoms with Crippen LogP contribution in [-0.4, -0.2) is 58.7 Å². The van der Waals surface area contributed by atoms with E-state index in [2.05, 4.69) is 17.1 Å². The summed E-state index contributed by atoms with van der Waals surface area (Å²) >= 11 is 1.65. The van der Waals surface area contributed by atoms with Crippen molar-refractivity contribution in [2.24, 2.45) is 0 Å². The van der Waals surface area contributed by atoms with Gasteiger partial charge >= 0.3 is 0 Å². The molecule has 0 aromatic heterocycles. The zero-order chi connectivity index (χ0) is 12.3. The van der Waals surface area contributed by atoms with Crippen LogP contribution >= 0.6 is 11.8 Å². The molecule has 0 aliphatic carbocycles. The summed E-state index contributed by atoms with van der Waals surface area (Å²) in [5.41, 5.74) is -1.11. The predicted octanol–water partition coefficient (Wildman–Crippen LogP) is 0.455. The number of nitrogens with zero attached hydrogens (tertiary/aromatic N) is 1. The smallest absolute Gasteiger partial charge is 0.252 e. The van der Waals surface area contributed by atoms with Gasteiger partial charge in [-0.1, -0.05) is 6.92 Å². The van der Waals surface area contributed by atoms with Crippen LogP contribution in [0.25, 0.3) is 0 Å². The van der Waals surface area contributed by atoms with E-state index in [1.54, 1.807) is 11.8 Å². The minimum Gasteiger partial charge on any atom is -0.379 e. The number of rotatable bonds is 4. The maximum atomic E-state index is 11.9. The summed E-state index contributed by atoms with van der Waals surface area (Å²) in [5, 5.41) is 13.0. The van der Waals surface area contributed by atoms with Crippen molar-refractivity contribution in [3.63, 3.8) is 0 Å². The Morgan fingerprint density at radius 2 is 2.47 bits per heavy atom. The van der Waals surface area contributed by atoms with E-state index in [1.165, 1.54) is 6.42 Å². The zero-order valence-corrected chi connectivity index (χ0v) is 11.3. The summed E-state index contributed by atoms with van der Waals surface area (Å²) in [6.45, 7) is 5.01. The minimum absolute atomic E-state index is 0.176. The second kappa shape index (κ2) is 5.59. The molecule has 2 atom stereocenters. The van der Waals surface area contributed by atoms with Gasteiger partial charge in [-0.05, 0) is 38.1 Å². The van der Waals surface area contributed by atoms with Gasteiger partial charge in [-0.15, -0.1) is 0 Å². The highest BCUT2D eigenvalue weighted by molar-refractivity contribution is 7.99. The minimum atomic E-state index is -1.11. The van der Waals surface area contributed by atoms with Crippen molar-refractivity contribution in [2.75, 3.05) is 31.1 Å². The van der Waals surface area contributed by atoms with E-state index in [0.29, 0.717) is 24.8 Å². The Morgan fingerprint density at radius 3 is 3.12 bits per heavy atom. The van der Waals surface area contributed by atoms with Crippen LogP contribution < -0.4 is 5.32 Å². The molecule has 0 spiro atoms. The Hall–Kier alpha value is -0.260. The van der Waals surface area contributed by atoms with Crippen molar-refractivity contribution in [1.82, 2.24) is 10.2 Å². The van der Waals surface area contributed by atoms with Crippen molar-refractivity contribution < 1.29 is 9.90 Å². The van der Waals surface area contributed by atoms with E-state index < -0.39 is 5.60 Å². The fraction of sp³-hybridized carbons (Fsp3) is 0.917. The monoisotopic (exact) mass is 258 g/mol. The molecular formula is C12H22N2O2S. The third-order valence-electron chi connectivity index (χ3n) is 3.83. The Kier molecular flexibility index (Phi) is 4.33. The van der Waals surface area contributed by atoms with E-state index >= 15 is 0 Å².